The number of aromatic nitrogens is 1. The Morgan fingerprint density at radius 2 is 2.05 bits per heavy atom. The molecule has 2 rings (SSSR count). The molecule has 1 aromatic carbocycles. The molecule has 6 heteroatoms. The van der Waals surface area contributed by atoms with Gasteiger partial charge in [0, 0.05) is 16.0 Å². The molecule has 0 saturated carbocycles. The van der Waals surface area contributed by atoms with Crippen LogP contribution in [0.1, 0.15) is 0 Å². The van der Waals surface area contributed by atoms with Crippen molar-refractivity contribution in [3.63, 3.8) is 0 Å². The number of hydrogen-bond acceptors (Lipinski definition) is 4. The number of ether oxygens (including phenoxy) is 1. The molecule has 0 aliphatic rings. The van der Waals surface area contributed by atoms with Gasteiger partial charge >= 0.3 is 0 Å². The number of amides is 1. The van der Waals surface area contributed by atoms with Crippen LogP contribution in [0.15, 0.2) is 47.5 Å². The number of rotatable bonds is 5. The molecule has 20 heavy (non-hydrogen) atoms. The maximum Gasteiger partial charge on any atom is 0.234 e. The normalized spacial score (nSPS) is 10.1. The molecule has 104 valence electrons. The minimum Gasteiger partial charge on any atom is -0.481 e. The fourth-order valence-corrected chi connectivity index (χ4v) is 2.28. The number of carbonyl (C=O) groups is 1. The van der Waals surface area contributed by atoms with Crippen molar-refractivity contribution in [2.24, 2.45) is 0 Å². The quantitative estimate of drug-likeness (QED) is 0.859. The number of pyridine rings is 1. The molecular formula is C14H13ClN2O2S. The van der Waals surface area contributed by atoms with Gasteiger partial charge < -0.3 is 10.1 Å². The standard InChI is InChI=1S/C14H13ClN2O2S/c1-19-14-7-4-11(8-16-14)17-13(18)9-20-12-5-2-10(15)3-6-12/h2-8H,9H2,1H3,(H,17,18). The number of halogens is 1. The molecule has 2 aromatic rings. The van der Waals surface area contributed by atoms with Crippen LogP contribution in [-0.2, 0) is 4.79 Å². The lowest BCUT2D eigenvalue weighted by molar-refractivity contribution is -0.113. The fourth-order valence-electron chi connectivity index (χ4n) is 1.45. The summed E-state index contributed by atoms with van der Waals surface area (Å²) in [4.78, 5) is 16.8. The van der Waals surface area contributed by atoms with E-state index >= 15 is 0 Å². The summed E-state index contributed by atoms with van der Waals surface area (Å²) in [6.45, 7) is 0. The van der Waals surface area contributed by atoms with Crippen LogP contribution in [0.4, 0.5) is 5.69 Å². The molecule has 0 atom stereocenters. The smallest absolute Gasteiger partial charge is 0.234 e. The lowest BCUT2D eigenvalue weighted by Crippen LogP contribution is -2.14. The zero-order valence-corrected chi connectivity index (χ0v) is 12.4. The SMILES string of the molecule is COc1ccc(NC(=O)CSc2ccc(Cl)cc2)cn1. The highest BCUT2D eigenvalue weighted by Gasteiger charge is 2.04. The Morgan fingerprint density at radius 3 is 2.65 bits per heavy atom. The maximum atomic E-state index is 11.8. The van der Waals surface area contributed by atoms with Crippen molar-refractivity contribution in [1.82, 2.24) is 4.98 Å². The number of anilines is 1. The Hall–Kier alpha value is -1.72. The summed E-state index contributed by atoms with van der Waals surface area (Å²) < 4.78 is 4.95. The first-order valence-electron chi connectivity index (χ1n) is 5.85. The van der Waals surface area contributed by atoms with Crippen LogP contribution < -0.4 is 10.1 Å². The van der Waals surface area contributed by atoms with Gasteiger partial charge in [0.1, 0.15) is 0 Å². The molecule has 1 amide bonds. The average Bonchev–Trinajstić information content (AvgIpc) is 2.47. The molecule has 0 bridgehead atoms. The van der Waals surface area contributed by atoms with E-state index in [0.29, 0.717) is 22.3 Å². The first-order valence-corrected chi connectivity index (χ1v) is 7.22. The minimum atomic E-state index is -0.0862. The van der Waals surface area contributed by atoms with Gasteiger partial charge in [-0.3, -0.25) is 4.79 Å². The predicted octanol–water partition coefficient (Wildman–Crippen LogP) is 3.47. The number of nitrogens with one attached hydrogen (secondary N) is 1. The van der Waals surface area contributed by atoms with E-state index in [1.54, 1.807) is 37.6 Å². The van der Waals surface area contributed by atoms with Gasteiger partial charge in [-0.2, -0.15) is 0 Å². The lowest BCUT2D eigenvalue weighted by atomic mass is 10.4. The third-order valence-electron chi connectivity index (χ3n) is 2.41. The van der Waals surface area contributed by atoms with Gasteiger partial charge in [-0.15, -0.1) is 11.8 Å². The van der Waals surface area contributed by atoms with Gasteiger partial charge in [-0.25, -0.2) is 4.98 Å². The van der Waals surface area contributed by atoms with Crippen LogP contribution in [0, 0.1) is 0 Å². The highest BCUT2D eigenvalue weighted by Crippen LogP contribution is 2.20. The van der Waals surface area contributed by atoms with Crippen LogP contribution in [0.25, 0.3) is 0 Å². The monoisotopic (exact) mass is 308 g/mol. The van der Waals surface area contributed by atoms with E-state index in [2.05, 4.69) is 10.3 Å². The van der Waals surface area contributed by atoms with E-state index in [1.807, 2.05) is 12.1 Å². The summed E-state index contributed by atoms with van der Waals surface area (Å²) in [7, 11) is 1.54. The van der Waals surface area contributed by atoms with E-state index in [4.69, 9.17) is 16.3 Å². The minimum absolute atomic E-state index is 0.0862. The molecule has 0 fully saturated rings. The van der Waals surface area contributed by atoms with Crippen LogP contribution in [0.2, 0.25) is 5.02 Å². The Kier molecular flexibility index (Phi) is 5.26. The van der Waals surface area contributed by atoms with Crippen molar-refractivity contribution < 1.29 is 9.53 Å². The second-order valence-electron chi connectivity index (χ2n) is 3.88. The molecule has 0 spiro atoms. The zero-order valence-electron chi connectivity index (χ0n) is 10.8. The van der Waals surface area contributed by atoms with E-state index < -0.39 is 0 Å². The predicted molar refractivity (Wildman–Crippen MR) is 81.6 cm³/mol. The summed E-state index contributed by atoms with van der Waals surface area (Å²) in [5, 5.41) is 3.45. The molecular weight excluding hydrogens is 296 g/mol. The molecule has 0 unspecified atom stereocenters. The summed E-state index contributed by atoms with van der Waals surface area (Å²) >= 11 is 7.25. The van der Waals surface area contributed by atoms with Crippen molar-refractivity contribution in [2.75, 3.05) is 18.2 Å². The highest BCUT2D eigenvalue weighted by atomic mass is 35.5. The molecule has 0 saturated heterocycles. The van der Waals surface area contributed by atoms with Crippen LogP contribution in [0.3, 0.4) is 0 Å². The second-order valence-corrected chi connectivity index (χ2v) is 5.37. The molecule has 0 aliphatic carbocycles. The first-order chi connectivity index (χ1) is 9.67. The van der Waals surface area contributed by atoms with Gasteiger partial charge in [0.25, 0.3) is 0 Å². The van der Waals surface area contributed by atoms with Crippen LogP contribution in [-0.4, -0.2) is 23.8 Å². The largest absolute Gasteiger partial charge is 0.481 e. The van der Waals surface area contributed by atoms with E-state index in [-0.39, 0.29) is 5.91 Å². The van der Waals surface area contributed by atoms with Gasteiger partial charge in [-0.1, -0.05) is 11.6 Å². The van der Waals surface area contributed by atoms with Crippen molar-refractivity contribution in [3.8, 4) is 5.88 Å². The third kappa shape index (κ3) is 4.43. The molecule has 1 N–H and O–H groups in total. The average molecular weight is 309 g/mol. The molecule has 1 heterocycles. The Morgan fingerprint density at radius 1 is 1.30 bits per heavy atom. The third-order valence-corrected chi connectivity index (χ3v) is 3.68. The van der Waals surface area contributed by atoms with Gasteiger partial charge in [0.15, 0.2) is 0 Å². The van der Waals surface area contributed by atoms with Crippen molar-refractivity contribution in [3.05, 3.63) is 47.6 Å². The number of nitrogens with zero attached hydrogens (tertiary/aromatic N) is 1. The lowest BCUT2D eigenvalue weighted by Gasteiger charge is -2.05. The maximum absolute atomic E-state index is 11.8. The van der Waals surface area contributed by atoms with Gasteiger partial charge in [-0.05, 0) is 30.3 Å². The highest BCUT2D eigenvalue weighted by molar-refractivity contribution is 8.00. The van der Waals surface area contributed by atoms with Crippen LogP contribution in [0.5, 0.6) is 5.88 Å². The van der Waals surface area contributed by atoms with Crippen LogP contribution >= 0.6 is 23.4 Å². The Bertz CT molecular complexity index is 573. The molecule has 1 aromatic heterocycles. The Labute approximate surface area is 126 Å². The topological polar surface area (TPSA) is 51.2 Å². The number of methoxy groups -OCH3 is 1. The van der Waals surface area contributed by atoms with Crippen molar-refractivity contribution >= 4 is 35.0 Å². The summed E-state index contributed by atoms with van der Waals surface area (Å²) in [5.74, 6) is 0.753. The summed E-state index contributed by atoms with van der Waals surface area (Å²) in [6.07, 6.45) is 1.56. The number of benzene rings is 1. The molecule has 0 radical (unpaired) electrons. The zero-order chi connectivity index (χ0) is 14.4. The van der Waals surface area contributed by atoms with E-state index in [9.17, 15) is 4.79 Å². The van der Waals surface area contributed by atoms with E-state index in [0.717, 1.165) is 4.90 Å². The fraction of sp³-hybridized carbons (Fsp3) is 0.143. The summed E-state index contributed by atoms with van der Waals surface area (Å²) in [6, 6.07) is 10.8. The van der Waals surface area contributed by atoms with Gasteiger partial charge in [0.05, 0.1) is 24.7 Å². The second kappa shape index (κ2) is 7.17. The first kappa shape index (κ1) is 14.7. The van der Waals surface area contributed by atoms with Crippen molar-refractivity contribution in [1.29, 1.82) is 0 Å². The molecule has 0 aliphatic heterocycles. The number of carbonyl (C=O) groups excluding carboxylic acids is 1. The van der Waals surface area contributed by atoms with Gasteiger partial charge in [0.2, 0.25) is 11.8 Å². The number of hydrogen-bond donors (Lipinski definition) is 1. The summed E-state index contributed by atoms with van der Waals surface area (Å²) in [5.41, 5.74) is 0.646. The number of thioether (sulfide) groups is 1. The van der Waals surface area contributed by atoms with Crippen molar-refractivity contribution in [2.45, 2.75) is 4.90 Å². The van der Waals surface area contributed by atoms with E-state index in [1.165, 1.54) is 11.8 Å². The molecule has 4 nitrogen and oxygen atoms in total. The Balaban J connectivity index is 1.84.